The van der Waals surface area contributed by atoms with Gasteiger partial charge in [-0.25, -0.2) is 5.84 Å². The quantitative estimate of drug-likeness (QED) is 0.475. The second-order valence-electron chi connectivity index (χ2n) is 4.75. The third-order valence-electron chi connectivity index (χ3n) is 3.37. The Morgan fingerprint density at radius 3 is 2.53 bits per heavy atom. The molecule has 19 heavy (non-hydrogen) atoms. The fourth-order valence-electron chi connectivity index (χ4n) is 2.26. The van der Waals surface area contributed by atoms with Crippen molar-refractivity contribution in [1.82, 2.24) is 10.3 Å². The highest BCUT2D eigenvalue weighted by atomic mass is 16.5. The Balaban J connectivity index is 1.75. The van der Waals surface area contributed by atoms with Gasteiger partial charge >= 0.3 is 0 Å². The number of nitrogen functional groups attached to an aromatic ring is 1. The topological polar surface area (TPSA) is 67.6 Å². The van der Waals surface area contributed by atoms with Crippen LogP contribution >= 0.6 is 0 Å². The molecule has 5 heteroatoms. The molecule has 1 aliphatic heterocycles. The summed E-state index contributed by atoms with van der Waals surface area (Å²) in [6.45, 7) is 4.01. The molecule has 5 nitrogen and oxygen atoms in total. The fraction of sp³-hybridized carbons (Fsp3) is 0.500. The van der Waals surface area contributed by atoms with Crippen LogP contribution in [0.4, 0.5) is 0 Å². The maximum Gasteiger partial charge on any atom is 0.265 e. The summed E-state index contributed by atoms with van der Waals surface area (Å²) in [7, 11) is 0. The van der Waals surface area contributed by atoms with E-state index in [0.29, 0.717) is 12.2 Å². The van der Waals surface area contributed by atoms with Crippen molar-refractivity contribution in [2.45, 2.75) is 19.3 Å². The number of rotatable bonds is 5. The molecule has 0 spiro atoms. The van der Waals surface area contributed by atoms with Crippen molar-refractivity contribution in [2.24, 2.45) is 5.84 Å². The largest absolute Gasteiger partial charge is 0.492 e. The van der Waals surface area contributed by atoms with Gasteiger partial charge in [-0.1, -0.05) is 6.42 Å². The zero-order valence-corrected chi connectivity index (χ0v) is 11.1. The van der Waals surface area contributed by atoms with Crippen molar-refractivity contribution in [1.29, 1.82) is 0 Å². The molecule has 0 unspecified atom stereocenters. The summed E-state index contributed by atoms with van der Waals surface area (Å²) in [5.41, 5.74) is 2.63. The second kappa shape index (κ2) is 7.11. The number of hydrazine groups is 1. The van der Waals surface area contributed by atoms with E-state index in [9.17, 15) is 4.79 Å². The first-order valence-electron chi connectivity index (χ1n) is 6.76. The number of amides is 1. The monoisotopic (exact) mass is 263 g/mol. The average molecular weight is 263 g/mol. The second-order valence-corrected chi connectivity index (χ2v) is 4.75. The summed E-state index contributed by atoms with van der Waals surface area (Å²) in [5, 5.41) is 0. The molecule has 1 aliphatic rings. The Morgan fingerprint density at radius 2 is 1.89 bits per heavy atom. The predicted octanol–water partition coefficient (Wildman–Crippen LogP) is 1.15. The lowest BCUT2D eigenvalue weighted by Crippen LogP contribution is -2.33. The summed E-state index contributed by atoms with van der Waals surface area (Å²) in [6, 6.07) is 7.00. The van der Waals surface area contributed by atoms with Crippen LogP contribution in [0.5, 0.6) is 5.75 Å². The molecule has 0 saturated carbocycles. The highest BCUT2D eigenvalue weighted by molar-refractivity contribution is 5.93. The number of ether oxygens (including phenoxy) is 1. The summed E-state index contributed by atoms with van der Waals surface area (Å²) < 4.78 is 5.67. The number of nitrogens with zero attached hydrogens (tertiary/aromatic N) is 1. The van der Waals surface area contributed by atoms with Gasteiger partial charge in [0, 0.05) is 12.1 Å². The molecule has 2 rings (SSSR count). The van der Waals surface area contributed by atoms with E-state index in [1.165, 1.54) is 32.4 Å². The Hall–Kier alpha value is -1.59. The van der Waals surface area contributed by atoms with Crippen LogP contribution < -0.4 is 16.0 Å². The Labute approximate surface area is 113 Å². The summed E-state index contributed by atoms with van der Waals surface area (Å²) >= 11 is 0. The number of piperidine rings is 1. The normalized spacial score (nSPS) is 16.1. The van der Waals surface area contributed by atoms with Crippen molar-refractivity contribution in [3.8, 4) is 5.75 Å². The van der Waals surface area contributed by atoms with Crippen LogP contribution in [0.3, 0.4) is 0 Å². The van der Waals surface area contributed by atoms with Crippen LogP contribution in [0.25, 0.3) is 0 Å². The van der Waals surface area contributed by atoms with Crippen LogP contribution in [-0.2, 0) is 0 Å². The van der Waals surface area contributed by atoms with E-state index in [-0.39, 0.29) is 5.91 Å². The van der Waals surface area contributed by atoms with Gasteiger partial charge in [-0.15, -0.1) is 0 Å². The lowest BCUT2D eigenvalue weighted by Gasteiger charge is -2.26. The molecule has 104 valence electrons. The Morgan fingerprint density at radius 1 is 1.21 bits per heavy atom. The molecule has 3 N–H and O–H groups in total. The van der Waals surface area contributed by atoms with Gasteiger partial charge in [0.25, 0.3) is 5.91 Å². The van der Waals surface area contributed by atoms with Crippen molar-refractivity contribution in [2.75, 3.05) is 26.2 Å². The molecule has 1 saturated heterocycles. The minimum absolute atomic E-state index is 0.292. The van der Waals surface area contributed by atoms with E-state index in [1.54, 1.807) is 24.3 Å². The molecule has 1 heterocycles. The van der Waals surface area contributed by atoms with Gasteiger partial charge in [-0.2, -0.15) is 0 Å². The standard InChI is InChI=1S/C14H21N3O2/c15-16-14(18)12-4-6-13(7-5-12)19-11-10-17-8-2-1-3-9-17/h4-7H,1-3,8-11,15H2,(H,16,18). The molecule has 0 aromatic heterocycles. The predicted molar refractivity (Wildman–Crippen MR) is 73.9 cm³/mol. The third-order valence-corrected chi connectivity index (χ3v) is 3.37. The molecule has 0 radical (unpaired) electrons. The van der Waals surface area contributed by atoms with Gasteiger partial charge < -0.3 is 4.74 Å². The maximum absolute atomic E-state index is 11.3. The van der Waals surface area contributed by atoms with E-state index in [0.717, 1.165) is 12.3 Å². The van der Waals surface area contributed by atoms with Gasteiger partial charge in [0.2, 0.25) is 0 Å². The molecule has 1 amide bonds. The van der Waals surface area contributed by atoms with E-state index in [4.69, 9.17) is 10.6 Å². The first-order chi connectivity index (χ1) is 9.29. The van der Waals surface area contributed by atoms with Crippen molar-refractivity contribution in [3.05, 3.63) is 29.8 Å². The summed E-state index contributed by atoms with van der Waals surface area (Å²) in [4.78, 5) is 13.7. The minimum Gasteiger partial charge on any atom is -0.492 e. The molecular formula is C14H21N3O2. The van der Waals surface area contributed by atoms with E-state index >= 15 is 0 Å². The number of hydrogen-bond acceptors (Lipinski definition) is 4. The first-order valence-corrected chi connectivity index (χ1v) is 6.76. The summed E-state index contributed by atoms with van der Waals surface area (Å²) in [6.07, 6.45) is 3.94. The molecular weight excluding hydrogens is 242 g/mol. The average Bonchev–Trinajstić information content (AvgIpc) is 2.48. The number of hydrogen-bond donors (Lipinski definition) is 2. The Kier molecular flexibility index (Phi) is 5.18. The molecule has 1 fully saturated rings. The van der Waals surface area contributed by atoms with Crippen molar-refractivity contribution in [3.63, 3.8) is 0 Å². The van der Waals surface area contributed by atoms with Crippen molar-refractivity contribution < 1.29 is 9.53 Å². The number of carbonyl (C=O) groups excluding carboxylic acids is 1. The van der Waals surface area contributed by atoms with Crippen LogP contribution in [0, 0.1) is 0 Å². The first kappa shape index (κ1) is 13.8. The zero-order valence-electron chi connectivity index (χ0n) is 11.1. The highest BCUT2D eigenvalue weighted by Crippen LogP contribution is 2.13. The maximum atomic E-state index is 11.3. The van der Waals surface area contributed by atoms with Gasteiger partial charge in [-0.3, -0.25) is 15.1 Å². The van der Waals surface area contributed by atoms with Crippen LogP contribution in [0.15, 0.2) is 24.3 Å². The van der Waals surface area contributed by atoms with Crippen LogP contribution in [0.2, 0.25) is 0 Å². The van der Waals surface area contributed by atoms with E-state index in [2.05, 4.69) is 10.3 Å². The lowest BCUT2D eigenvalue weighted by atomic mass is 10.1. The molecule has 1 aromatic rings. The van der Waals surface area contributed by atoms with Crippen LogP contribution in [0.1, 0.15) is 29.6 Å². The molecule has 0 aliphatic carbocycles. The Bertz CT molecular complexity index is 400. The number of likely N-dealkylation sites (tertiary alicyclic amines) is 1. The SMILES string of the molecule is NNC(=O)c1ccc(OCCN2CCCCC2)cc1. The van der Waals surface area contributed by atoms with E-state index < -0.39 is 0 Å². The number of benzene rings is 1. The van der Waals surface area contributed by atoms with Gasteiger partial charge in [0.05, 0.1) is 0 Å². The van der Waals surface area contributed by atoms with Gasteiger partial charge in [0.15, 0.2) is 0 Å². The number of nitrogens with two attached hydrogens (primary N) is 1. The molecule has 0 bridgehead atoms. The van der Waals surface area contributed by atoms with Crippen LogP contribution in [-0.4, -0.2) is 37.0 Å². The lowest BCUT2D eigenvalue weighted by molar-refractivity contribution is 0.0953. The van der Waals surface area contributed by atoms with Gasteiger partial charge in [0.1, 0.15) is 12.4 Å². The highest BCUT2D eigenvalue weighted by Gasteiger charge is 2.09. The fourth-order valence-corrected chi connectivity index (χ4v) is 2.26. The minimum atomic E-state index is -0.292. The van der Waals surface area contributed by atoms with E-state index in [1.807, 2.05) is 0 Å². The van der Waals surface area contributed by atoms with Crippen molar-refractivity contribution >= 4 is 5.91 Å². The summed E-state index contributed by atoms with van der Waals surface area (Å²) in [5.74, 6) is 5.56. The number of nitrogens with one attached hydrogen (secondary N) is 1. The smallest absolute Gasteiger partial charge is 0.265 e. The third kappa shape index (κ3) is 4.22. The molecule has 1 aromatic carbocycles. The molecule has 0 atom stereocenters. The zero-order chi connectivity index (χ0) is 13.5. The number of carbonyl (C=O) groups is 1. The van der Waals surface area contributed by atoms with Gasteiger partial charge in [-0.05, 0) is 50.2 Å².